The van der Waals surface area contributed by atoms with Crippen LogP contribution in [0.2, 0.25) is 0 Å². The third-order valence-corrected chi connectivity index (χ3v) is 4.67. The zero-order valence-corrected chi connectivity index (χ0v) is 10.4. The van der Waals surface area contributed by atoms with Crippen molar-refractivity contribution < 1.29 is 22.0 Å². The summed E-state index contributed by atoms with van der Waals surface area (Å²) in [6, 6.07) is 1.15. The van der Waals surface area contributed by atoms with Crippen molar-refractivity contribution in [1.29, 1.82) is 0 Å². The summed E-state index contributed by atoms with van der Waals surface area (Å²) in [6.07, 6.45) is 0.159. The third kappa shape index (κ3) is 2.04. The number of carbonyl (C=O) groups excluding carboxylic acids is 1. The Balaban J connectivity index is 2.47. The van der Waals surface area contributed by atoms with Gasteiger partial charge in [-0.15, -0.1) is 0 Å². The molecule has 0 N–H and O–H groups in total. The highest BCUT2D eigenvalue weighted by Crippen LogP contribution is 2.27. The van der Waals surface area contributed by atoms with Gasteiger partial charge >= 0.3 is 0 Å². The Bertz CT molecular complexity index is 595. The lowest BCUT2D eigenvalue weighted by atomic mass is 10.1. The molecule has 2 rings (SSSR count). The highest BCUT2D eigenvalue weighted by molar-refractivity contribution is 7.89. The largest absolute Gasteiger partial charge is 0.298 e. The van der Waals surface area contributed by atoms with E-state index >= 15 is 0 Å². The maximum Gasteiger partial charge on any atom is 0.246 e. The van der Waals surface area contributed by atoms with Crippen LogP contribution in [0, 0.1) is 17.6 Å². The quantitative estimate of drug-likeness (QED) is 0.784. The van der Waals surface area contributed by atoms with Crippen molar-refractivity contribution in [2.45, 2.75) is 11.8 Å². The van der Waals surface area contributed by atoms with E-state index < -0.39 is 32.1 Å². The lowest BCUT2D eigenvalue weighted by molar-refractivity contribution is 0.111. The van der Waals surface area contributed by atoms with E-state index in [4.69, 9.17) is 0 Å². The van der Waals surface area contributed by atoms with Crippen LogP contribution >= 0.6 is 0 Å². The Morgan fingerprint density at radius 2 is 1.89 bits per heavy atom. The molecule has 0 amide bonds. The number of rotatable bonds is 3. The van der Waals surface area contributed by atoms with E-state index in [0.717, 1.165) is 10.4 Å². The molecule has 0 radical (unpaired) electrons. The van der Waals surface area contributed by atoms with Crippen LogP contribution in [0.25, 0.3) is 0 Å². The van der Waals surface area contributed by atoms with Gasteiger partial charge in [0.2, 0.25) is 10.0 Å². The first-order chi connectivity index (χ1) is 8.36. The second-order valence-electron chi connectivity index (χ2n) is 4.35. The number of aldehydes is 1. The number of benzene rings is 1. The maximum absolute atomic E-state index is 13.5. The highest BCUT2D eigenvalue weighted by atomic mass is 32.2. The van der Waals surface area contributed by atoms with Gasteiger partial charge < -0.3 is 0 Å². The number of halogens is 2. The fourth-order valence-electron chi connectivity index (χ4n) is 1.81. The van der Waals surface area contributed by atoms with Gasteiger partial charge in [0.05, 0.1) is 5.56 Å². The molecular formula is C11H11F2NO3S. The number of hydrogen-bond acceptors (Lipinski definition) is 3. The number of nitrogens with zero attached hydrogens (tertiary/aromatic N) is 1. The van der Waals surface area contributed by atoms with Crippen LogP contribution in [0.4, 0.5) is 8.78 Å². The summed E-state index contributed by atoms with van der Waals surface area (Å²) in [5.41, 5.74) is -0.469. The van der Waals surface area contributed by atoms with Crippen LogP contribution in [0.15, 0.2) is 17.0 Å². The van der Waals surface area contributed by atoms with E-state index in [1.54, 1.807) is 0 Å². The molecule has 1 aliphatic rings. The van der Waals surface area contributed by atoms with Crippen LogP contribution < -0.4 is 0 Å². The minimum absolute atomic E-state index is 0.159. The Morgan fingerprint density at radius 1 is 1.28 bits per heavy atom. The number of hydrogen-bond donors (Lipinski definition) is 0. The molecule has 1 aromatic carbocycles. The number of sulfonamides is 1. The standard InChI is InChI=1S/C11H11F2NO3S/c1-7-4-14(5-7)18(16,17)11-2-8(6-15)9(12)3-10(11)13/h2-3,6-7H,4-5H2,1H3. The third-order valence-electron chi connectivity index (χ3n) is 2.83. The Kier molecular flexibility index (Phi) is 3.20. The first-order valence-electron chi connectivity index (χ1n) is 5.30. The molecular weight excluding hydrogens is 264 g/mol. The topological polar surface area (TPSA) is 54.5 Å². The van der Waals surface area contributed by atoms with Gasteiger partial charge in [-0.25, -0.2) is 17.2 Å². The molecule has 0 unspecified atom stereocenters. The average Bonchev–Trinajstić information content (AvgIpc) is 2.24. The van der Waals surface area contributed by atoms with Crippen molar-refractivity contribution >= 4 is 16.3 Å². The minimum atomic E-state index is -3.98. The molecule has 1 heterocycles. The van der Waals surface area contributed by atoms with Gasteiger partial charge in [-0.05, 0) is 12.0 Å². The molecule has 0 saturated carbocycles. The zero-order valence-electron chi connectivity index (χ0n) is 9.56. The molecule has 4 nitrogen and oxygen atoms in total. The predicted molar refractivity (Wildman–Crippen MR) is 59.7 cm³/mol. The van der Waals surface area contributed by atoms with Crippen LogP contribution in [-0.2, 0) is 10.0 Å². The first-order valence-corrected chi connectivity index (χ1v) is 6.74. The Morgan fingerprint density at radius 3 is 2.39 bits per heavy atom. The normalized spacial score (nSPS) is 17.5. The summed E-state index contributed by atoms with van der Waals surface area (Å²) in [6.45, 7) is 2.47. The molecule has 7 heteroatoms. The van der Waals surface area contributed by atoms with Gasteiger partial charge in [0.1, 0.15) is 16.5 Å². The van der Waals surface area contributed by atoms with E-state index in [0.29, 0.717) is 19.2 Å². The molecule has 1 saturated heterocycles. The summed E-state index contributed by atoms with van der Waals surface area (Å²) >= 11 is 0. The van der Waals surface area contributed by atoms with Crippen molar-refractivity contribution in [3.8, 4) is 0 Å². The van der Waals surface area contributed by atoms with Gasteiger partial charge in [0, 0.05) is 19.2 Å². The lowest BCUT2D eigenvalue weighted by Crippen LogP contribution is -2.48. The summed E-state index contributed by atoms with van der Waals surface area (Å²) in [5.74, 6) is -2.04. The summed E-state index contributed by atoms with van der Waals surface area (Å²) < 4.78 is 51.7. The Hall–Kier alpha value is -1.34. The molecule has 98 valence electrons. The molecule has 0 spiro atoms. The van der Waals surface area contributed by atoms with E-state index in [1.807, 2.05) is 6.92 Å². The average molecular weight is 275 g/mol. The lowest BCUT2D eigenvalue weighted by Gasteiger charge is -2.35. The minimum Gasteiger partial charge on any atom is -0.298 e. The van der Waals surface area contributed by atoms with Gasteiger partial charge in [-0.2, -0.15) is 4.31 Å². The molecule has 1 fully saturated rings. The van der Waals surface area contributed by atoms with Gasteiger partial charge in [-0.1, -0.05) is 6.92 Å². The van der Waals surface area contributed by atoms with E-state index in [9.17, 15) is 22.0 Å². The predicted octanol–water partition coefficient (Wildman–Crippen LogP) is 1.42. The Labute approximate surface area is 103 Å². The second-order valence-corrected chi connectivity index (χ2v) is 6.26. The first kappa shape index (κ1) is 13.1. The van der Waals surface area contributed by atoms with E-state index in [2.05, 4.69) is 0 Å². The van der Waals surface area contributed by atoms with Crippen LogP contribution in [-0.4, -0.2) is 32.1 Å². The van der Waals surface area contributed by atoms with E-state index in [-0.39, 0.29) is 12.2 Å². The summed E-state index contributed by atoms with van der Waals surface area (Å²) in [4.78, 5) is 9.90. The monoisotopic (exact) mass is 275 g/mol. The van der Waals surface area contributed by atoms with Crippen molar-refractivity contribution in [2.24, 2.45) is 5.92 Å². The highest BCUT2D eigenvalue weighted by Gasteiger charge is 2.36. The molecule has 0 aromatic heterocycles. The summed E-state index contributed by atoms with van der Waals surface area (Å²) in [5, 5.41) is 0. The molecule has 18 heavy (non-hydrogen) atoms. The molecule has 1 aliphatic heterocycles. The molecule has 0 aliphatic carbocycles. The van der Waals surface area contributed by atoms with Crippen LogP contribution in [0.5, 0.6) is 0 Å². The van der Waals surface area contributed by atoms with Crippen molar-refractivity contribution in [1.82, 2.24) is 4.31 Å². The van der Waals surface area contributed by atoms with Crippen molar-refractivity contribution in [3.05, 3.63) is 29.3 Å². The molecule has 1 aromatic rings. The van der Waals surface area contributed by atoms with Crippen LogP contribution in [0.1, 0.15) is 17.3 Å². The smallest absolute Gasteiger partial charge is 0.246 e. The van der Waals surface area contributed by atoms with Gasteiger partial charge in [0.15, 0.2) is 6.29 Å². The molecule has 0 bridgehead atoms. The van der Waals surface area contributed by atoms with Crippen LogP contribution in [0.3, 0.4) is 0 Å². The van der Waals surface area contributed by atoms with Crippen molar-refractivity contribution in [2.75, 3.05) is 13.1 Å². The van der Waals surface area contributed by atoms with Gasteiger partial charge in [0.25, 0.3) is 0 Å². The van der Waals surface area contributed by atoms with Gasteiger partial charge in [-0.3, -0.25) is 4.79 Å². The summed E-state index contributed by atoms with van der Waals surface area (Å²) in [7, 11) is -3.98. The van der Waals surface area contributed by atoms with E-state index in [1.165, 1.54) is 0 Å². The van der Waals surface area contributed by atoms with Crippen molar-refractivity contribution in [3.63, 3.8) is 0 Å². The SMILES string of the molecule is CC1CN(S(=O)(=O)c2cc(C=O)c(F)cc2F)C1. The maximum atomic E-state index is 13.5. The fraction of sp³-hybridized carbons (Fsp3) is 0.364. The zero-order chi connectivity index (χ0) is 13.5. The fourth-order valence-corrected chi connectivity index (χ4v) is 3.57. The number of carbonyl (C=O) groups is 1. The molecule has 0 atom stereocenters. The second kappa shape index (κ2) is 4.40.